The number of aliphatic hydroxyl groups is 1. The first-order chi connectivity index (χ1) is 18.5. The fraction of sp³-hybridized carbons (Fsp3) is 0.483. The molecule has 0 saturated carbocycles. The number of carbonyl (C=O) groups excluding carboxylic acids is 1. The molecule has 3 aromatic rings. The first-order valence-electron chi connectivity index (χ1n) is 13.1. The molecule has 0 unspecified atom stereocenters. The lowest BCUT2D eigenvalue weighted by Crippen LogP contribution is -2.54. The summed E-state index contributed by atoms with van der Waals surface area (Å²) in [6.45, 7) is 3.16. The highest BCUT2D eigenvalue weighted by Gasteiger charge is 2.48. The lowest BCUT2D eigenvalue weighted by molar-refractivity contribution is -0.137. The topological polar surface area (TPSA) is 85.6 Å². The molecule has 2 aromatic carbocycles. The van der Waals surface area contributed by atoms with Gasteiger partial charge in [0, 0.05) is 62.9 Å². The zero-order valence-corrected chi connectivity index (χ0v) is 22.2. The zero-order valence-electron chi connectivity index (χ0n) is 22.2. The van der Waals surface area contributed by atoms with Crippen LogP contribution in [0.3, 0.4) is 0 Å². The standard InChI is InChI=1S/C29H35N3O6/c1-30-22-13-20(36-3)5-6-21(22)27-28(30)23(15-33)32(14-19-4-7-24-25(12-19)38-18-37-24)17-29(27)8-10-31(11-9-29)26(34)16-35-2/h4-7,12-13,23,33H,8-11,14-18H2,1-3H3/t23-/m0/s1. The molecule has 4 heterocycles. The Hall–Kier alpha value is -3.27. The molecule has 9 heteroatoms. The number of methoxy groups -OCH3 is 2. The summed E-state index contributed by atoms with van der Waals surface area (Å²) in [6, 6.07) is 12.1. The average Bonchev–Trinajstić information content (AvgIpc) is 3.52. The third kappa shape index (κ3) is 4.00. The van der Waals surface area contributed by atoms with Gasteiger partial charge in [-0.15, -0.1) is 0 Å². The number of ether oxygens (including phenoxy) is 4. The van der Waals surface area contributed by atoms with Crippen LogP contribution in [0.2, 0.25) is 0 Å². The highest BCUT2D eigenvalue weighted by Crippen LogP contribution is 2.50. The Morgan fingerprint density at radius 1 is 1.11 bits per heavy atom. The Labute approximate surface area is 222 Å². The number of hydrogen-bond donors (Lipinski definition) is 1. The van der Waals surface area contributed by atoms with Crippen molar-refractivity contribution in [2.75, 3.05) is 53.9 Å². The molecule has 3 aliphatic heterocycles. The molecule has 202 valence electrons. The number of fused-ring (bicyclic) bond motifs is 5. The van der Waals surface area contributed by atoms with Crippen LogP contribution in [0.25, 0.3) is 10.9 Å². The summed E-state index contributed by atoms with van der Waals surface area (Å²) in [6.07, 6.45) is 1.69. The highest BCUT2D eigenvalue weighted by atomic mass is 16.7. The van der Waals surface area contributed by atoms with Gasteiger partial charge in [0.1, 0.15) is 12.4 Å². The molecule has 0 aliphatic carbocycles. The summed E-state index contributed by atoms with van der Waals surface area (Å²) in [5.41, 5.74) is 4.49. The fourth-order valence-electron chi connectivity index (χ4n) is 6.71. The minimum Gasteiger partial charge on any atom is -0.497 e. The largest absolute Gasteiger partial charge is 0.497 e. The summed E-state index contributed by atoms with van der Waals surface area (Å²) in [7, 11) is 5.32. The number of carbonyl (C=O) groups is 1. The van der Waals surface area contributed by atoms with Gasteiger partial charge in [-0.25, -0.2) is 0 Å². The predicted octanol–water partition coefficient (Wildman–Crippen LogP) is 2.97. The summed E-state index contributed by atoms with van der Waals surface area (Å²) in [4.78, 5) is 16.9. The molecule has 6 rings (SSSR count). The van der Waals surface area contributed by atoms with Crippen molar-refractivity contribution in [3.8, 4) is 17.2 Å². The third-order valence-corrected chi connectivity index (χ3v) is 8.58. The van der Waals surface area contributed by atoms with Gasteiger partial charge in [-0.3, -0.25) is 9.69 Å². The second-order valence-corrected chi connectivity index (χ2v) is 10.6. The zero-order chi connectivity index (χ0) is 26.4. The molecule has 38 heavy (non-hydrogen) atoms. The normalized spacial score (nSPS) is 20.2. The monoisotopic (exact) mass is 521 g/mol. The third-order valence-electron chi connectivity index (χ3n) is 8.58. The first kappa shape index (κ1) is 25.0. The van der Waals surface area contributed by atoms with E-state index >= 15 is 0 Å². The molecule has 9 nitrogen and oxygen atoms in total. The number of likely N-dealkylation sites (tertiary alicyclic amines) is 1. The number of aliphatic hydroxyl groups excluding tert-OH is 1. The summed E-state index contributed by atoms with van der Waals surface area (Å²) < 4.78 is 24.0. The molecule has 1 amide bonds. The van der Waals surface area contributed by atoms with Crippen molar-refractivity contribution in [3.63, 3.8) is 0 Å². The SMILES string of the molecule is COCC(=O)N1CCC2(CC1)CN(Cc1ccc3c(c1)OCO3)[C@@H](CO)c1c2c2ccc(OC)cc2n1C. The second-order valence-electron chi connectivity index (χ2n) is 10.6. The summed E-state index contributed by atoms with van der Waals surface area (Å²) >= 11 is 0. The van der Waals surface area contributed by atoms with Gasteiger partial charge in [-0.1, -0.05) is 6.07 Å². The molecule has 0 radical (unpaired) electrons. The Morgan fingerprint density at radius 2 is 1.89 bits per heavy atom. The van der Waals surface area contributed by atoms with Gasteiger partial charge in [0.2, 0.25) is 12.7 Å². The van der Waals surface area contributed by atoms with Crippen molar-refractivity contribution in [2.24, 2.45) is 7.05 Å². The van der Waals surface area contributed by atoms with E-state index in [4.69, 9.17) is 18.9 Å². The predicted molar refractivity (Wildman–Crippen MR) is 142 cm³/mol. The van der Waals surface area contributed by atoms with E-state index in [1.807, 2.05) is 23.1 Å². The van der Waals surface area contributed by atoms with Crippen LogP contribution in [0.4, 0.5) is 0 Å². The molecular weight excluding hydrogens is 486 g/mol. The number of aromatic nitrogens is 1. The lowest BCUT2D eigenvalue weighted by atomic mass is 9.68. The molecule has 1 N–H and O–H groups in total. The van der Waals surface area contributed by atoms with Crippen LogP contribution in [-0.2, 0) is 28.5 Å². The van der Waals surface area contributed by atoms with E-state index in [0.717, 1.165) is 53.4 Å². The van der Waals surface area contributed by atoms with Gasteiger partial charge in [0.25, 0.3) is 0 Å². The Bertz CT molecular complexity index is 1360. The van der Waals surface area contributed by atoms with Crippen LogP contribution in [0, 0.1) is 0 Å². The van der Waals surface area contributed by atoms with E-state index in [-0.39, 0.29) is 37.4 Å². The number of benzene rings is 2. The van der Waals surface area contributed by atoms with E-state index in [1.165, 1.54) is 10.9 Å². The van der Waals surface area contributed by atoms with E-state index in [1.54, 1.807) is 14.2 Å². The number of aryl methyl sites for hydroxylation is 1. The Kier molecular flexibility index (Phi) is 6.45. The van der Waals surface area contributed by atoms with Crippen LogP contribution < -0.4 is 14.2 Å². The number of rotatable bonds is 6. The van der Waals surface area contributed by atoms with Crippen LogP contribution in [0.15, 0.2) is 36.4 Å². The maximum absolute atomic E-state index is 12.6. The average molecular weight is 522 g/mol. The molecule has 1 fully saturated rings. The van der Waals surface area contributed by atoms with Crippen LogP contribution >= 0.6 is 0 Å². The summed E-state index contributed by atoms with van der Waals surface area (Å²) in [5.74, 6) is 2.37. The van der Waals surface area contributed by atoms with Crippen LogP contribution in [0.5, 0.6) is 17.2 Å². The van der Waals surface area contributed by atoms with Crippen molar-refractivity contribution in [1.82, 2.24) is 14.4 Å². The molecule has 0 bridgehead atoms. The summed E-state index contributed by atoms with van der Waals surface area (Å²) in [5, 5.41) is 12.0. The van der Waals surface area contributed by atoms with Crippen molar-refractivity contribution in [3.05, 3.63) is 53.2 Å². The van der Waals surface area contributed by atoms with Crippen LogP contribution in [-0.4, -0.2) is 79.2 Å². The minimum absolute atomic E-state index is 0.00732. The van der Waals surface area contributed by atoms with Crippen molar-refractivity contribution >= 4 is 16.8 Å². The van der Waals surface area contributed by atoms with Crippen molar-refractivity contribution in [1.29, 1.82) is 0 Å². The lowest BCUT2D eigenvalue weighted by Gasteiger charge is -2.50. The molecule has 1 atom stereocenters. The van der Waals surface area contributed by atoms with Crippen molar-refractivity contribution in [2.45, 2.75) is 30.8 Å². The van der Waals surface area contributed by atoms with Gasteiger partial charge in [-0.2, -0.15) is 0 Å². The number of amides is 1. The van der Waals surface area contributed by atoms with Gasteiger partial charge >= 0.3 is 0 Å². The van der Waals surface area contributed by atoms with Crippen LogP contribution in [0.1, 0.15) is 35.7 Å². The maximum atomic E-state index is 12.6. The van der Waals surface area contributed by atoms with E-state index < -0.39 is 0 Å². The number of nitrogens with zero attached hydrogens (tertiary/aromatic N) is 3. The maximum Gasteiger partial charge on any atom is 0.248 e. The van der Waals surface area contributed by atoms with Crippen molar-refractivity contribution < 1.29 is 28.8 Å². The molecule has 3 aliphatic rings. The van der Waals surface area contributed by atoms with Gasteiger partial charge in [-0.05, 0) is 48.2 Å². The van der Waals surface area contributed by atoms with E-state index in [2.05, 4.69) is 34.7 Å². The fourth-order valence-corrected chi connectivity index (χ4v) is 6.71. The molecule has 1 aromatic heterocycles. The van der Waals surface area contributed by atoms with Gasteiger partial charge in [0.05, 0.1) is 25.3 Å². The molecule has 1 spiro atoms. The van der Waals surface area contributed by atoms with Gasteiger partial charge in [0.15, 0.2) is 11.5 Å². The molecule has 1 saturated heterocycles. The number of hydrogen-bond acceptors (Lipinski definition) is 7. The first-order valence-corrected chi connectivity index (χ1v) is 13.1. The smallest absolute Gasteiger partial charge is 0.248 e. The quantitative estimate of drug-likeness (QED) is 0.534. The van der Waals surface area contributed by atoms with Gasteiger partial charge < -0.3 is 33.5 Å². The number of piperidine rings is 1. The second kappa shape index (κ2) is 9.80. The minimum atomic E-state index is -0.169. The van der Waals surface area contributed by atoms with E-state index in [0.29, 0.717) is 19.6 Å². The molecular formula is C29H35N3O6. The Morgan fingerprint density at radius 3 is 2.63 bits per heavy atom. The van der Waals surface area contributed by atoms with E-state index in [9.17, 15) is 9.90 Å². The highest BCUT2D eigenvalue weighted by molar-refractivity contribution is 5.89. The Balaban J connectivity index is 1.43.